The molecule has 0 spiro atoms. The number of aromatic nitrogens is 2. The van der Waals surface area contributed by atoms with Crippen molar-refractivity contribution in [2.75, 3.05) is 14.2 Å². The van der Waals surface area contributed by atoms with Gasteiger partial charge in [-0.2, -0.15) is 0 Å². The number of fused-ring (bicyclic) bond motifs is 13. The molecule has 0 saturated heterocycles. The molecule has 9 heteroatoms. The predicted molar refractivity (Wildman–Crippen MR) is 521 cm³/mol. The van der Waals surface area contributed by atoms with Crippen LogP contribution in [0.2, 0.25) is 0 Å². The molecule has 0 fully saturated rings. The Morgan fingerprint density at radius 2 is 0.591 bits per heavy atom. The molecule has 19 aromatic rings. The fraction of sp³-hybridized carbons (Fsp3) is 0.0508. The first-order chi connectivity index (χ1) is 62.4. The molecule has 2 heterocycles. The van der Waals surface area contributed by atoms with E-state index in [0.29, 0.717) is 22.6 Å². The maximum Gasteiger partial charge on any atom is 0.337 e. The highest BCUT2D eigenvalue weighted by molar-refractivity contribution is 7.21. The lowest BCUT2D eigenvalue weighted by molar-refractivity contribution is 0.0592. The maximum absolute atomic E-state index is 12.9. The Labute approximate surface area is 741 Å². The molecule has 0 radical (unpaired) electrons. The standard InChI is InChI=1S/C118H82N2O6S/c1-7-73-25-29-77(30-26-73)69-79-33-51-87(52-34-79)117(89-55-63-93(64-56-89)125-91-59-37-75(9-3)38-60-91)103-21-13-11-17-97(103)107-99(19-15-23-105(107)117)113-111-112(120-110-96-68-50-86(82-43-47-84(48-44-82)116(122)124-6)72-102(96)101-71-85(49-67-95(101)109(110)119-111)81-41-45-83(46-42-81)115(121)123-5)114(127-113)100-20-16-24-106-108(100)98-18-12-14-22-104(98)118(106,88-53-35-80(36-54-88)70-78-31-27-74(8-2)28-32-78)90-57-65-94(66-58-90)126-92-61-39-76(10-4)40-62-92/h7-68,71-72H,1-4,69-70H2,5-6H3. The van der Waals surface area contributed by atoms with Crippen molar-refractivity contribution in [3.05, 3.63) is 490 Å². The normalized spacial score (nSPS) is 14.1. The van der Waals surface area contributed by atoms with E-state index in [9.17, 15) is 9.59 Å². The largest absolute Gasteiger partial charge is 0.465 e. The van der Waals surface area contributed by atoms with Crippen LogP contribution in [0.15, 0.2) is 390 Å². The number of hydrogen-bond acceptors (Lipinski definition) is 9. The number of methoxy groups -OCH3 is 2. The number of nitrogens with zero attached hydrogens (tertiary/aromatic N) is 2. The van der Waals surface area contributed by atoms with Crippen molar-refractivity contribution in [2.45, 2.75) is 23.7 Å². The average molecular weight is 1660 g/mol. The summed E-state index contributed by atoms with van der Waals surface area (Å²) < 4.78 is 23.6. The van der Waals surface area contributed by atoms with Crippen molar-refractivity contribution in [3.8, 4) is 88.4 Å². The average Bonchev–Trinajstić information content (AvgIpc) is 1.53. The number of hydrogen-bond donors (Lipinski definition) is 0. The van der Waals surface area contributed by atoms with Gasteiger partial charge in [-0.05, 0) is 242 Å². The van der Waals surface area contributed by atoms with Gasteiger partial charge in [0.15, 0.2) is 0 Å². The molecule has 0 bridgehead atoms. The number of thiophene rings is 1. The van der Waals surface area contributed by atoms with Crippen LogP contribution in [-0.4, -0.2) is 36.1 Å². The summed E-state index contributed by atoms with van der Waals surface area (Å²) in [6, 6.07) is 129. The molecule has 0 N–H and O–H groups in total. The van der Waals surface area contributed by atoms with Crippen molar-refractivity contribution in [1.29, 1.82) is 0 Å². The van der Waals surface area contributed by atoms with Crippen LogP contribution in [0.25, 0.3) is 133 Å². The summed E-state index contributed by atoms with van der Waals surface area (Å²) in [5.41, 5.74) is 30.3. The highest BCUT2D eigenvalue weighted by Crippen LogP contribution is 2.63. The quantitative estimate of drug-likeness (QED) is 0.0489. The van der Waals surface area contributed by atoms with E-state index in [4.69, 9.17) is 28.9 Å². The van der Waals surface area contributed by atoms with Gasteiger partial charge in [0.2, 0.25) is 0 Å². The molecule has 0 amide bonds. The Bertz CT molecular complexity index is 6980. The summed E-state index contributed by atoms with van der Waals surface area (Å²) in [6.45, 7) is 16.0. The van der Waals surface area contributed by atoms with Gasteiger partial charge in [-0.3, -0.25) is 0 Å². The lowest BCUT2D eigenvalue weighted by Crippen LogP contribution is -2.28. The highest BCUT2D eigenvalue weighted by atomic mass is 32.1. The molecule has 2 atom stereocenters. The Balaban J connectivity index is 0.820. The third kappa shape index (κ3) is 13.5. The smallest absolute Gasteiger partial charge is 0.337 e. The van der Waals surface area contributed by atoms with Gasteiger partial charge in [0, 0.05) is 21.9 Å². The van der Waals surface area contributed by atoms with E-state index in [1.54, 1.807) is 11.3 Å². The molecular weight excluding hydrogens is 1570 g/mol. The predicted octanol–water partition coefficient (Wildman–Crippen LogP) is 29.5. The van der Waals surface area contributed by atoms with E-state index in [1.807, 2.05) is 121 Å². The molecule has 8 nitrogen and oxygen atoms in total. The van der Waals surface area contributed by atoms with Gasteiger partial charge in [0.1, 0.15) is 34.0 Å². The molecule has 2 aliphatic carbocycles. The minimum absolute atomic E-state index is 0.409. The van der Waals surface area contributed by atoms with E-state index in [-0.39, 0.29) is 0 Å². The summed E-state index contributed by atoms with van der Waals surface area (Å²) >= 11 is 1.75. The van der Waals surface area contributed by atoms with Gasteiger partial charge in [-0.15, -0.1) is 11.3 Å². The summed E-state index contributed by atoms with van der Waals surface area (Å²) in [7, 11) is 2.79. The number of carbonyl (C=O) groups is 2. The van der Waals surface area contributed by atoms with Crippen molar-refractivity contribution in [1.82, 2.24) is 9.97 Å². The van der Waals surface area contributed by atoms with Crippen LogP contribution in [0.1, 0.15) is 110 Å². The molecule has 21 rings (SSSR count). The summed E-state index contributed by atoms with van der Waals surface area (Å²) in [5, 5.41) is 3.73. The lowest BCUT2D eigenvalue weighted by Gasteiger charge is -2.34. The molecule has 2 aliphatic rings. The first kappa shape index (κ1) is 78.3. The fourth-order valence-electron chi connectivity index (χ4n) is 19.4. The lowest BCUT2D eigenvalue weighted by atomic mass is 9.67. The maximum atomic E-state index is 12.9. The third-order valence-corrected chi connectivity index (χ3v) is 26.8. The zero-order valence-corrected chi connectivity index (χ0v) is 70.8. The van der Waals surface area contributed by atoms with Crippen LogP contribution in [0.4, 0.5) is 0 Å². The SMILES string of the molecule is C=Cc1ccc(Cc2ccc(C3(c4ccc(Oc5ccc(C=C)cc5)cc4)c4ccccc4-c4c(-c5sc(-c6cccc7c6-c6ccccc6C7(c6ccc(Cc7ccc(C=C)cc7)cc6)c6ccc(Oc7ccc(C=C)cc7)cc6)c6nc7c8ccc(-c9ccc(C(=O)OC)cc9)cc8c8cc(-c9ccc(C(=O)OC)cc9)ccc8c7nc56)cccc43)cc2)cc1. The second-order valence-electron chi connectivity index (χ2n) is 32.5. The third-order valence-electron chi connectivity index (χ3n) is 25.6. The molecule has 127 heavy (non-hydrogen) atoms. The molecule has 17 aromatic carbocycles. The Kier molecular flexibility index (Phi) is 20.0. The van der Waals surface area contributed by atoms with E-state index >= 15 is 0 Å². The number of ether oxygens (including phenoxy) is 4. The van der Waals surface area contributed by atoms with Crippen LogP contribution in [0, 0.1) is 0 Å². The molecule has 2 unspecified atom stereocenters. The monoisotopic (exact) mass is 1650 g/mol. The van der Waals surface area contributed by atoms with E-state index in [1.165, 1.54) is 36.5 Å². The van der Waals surface area contributed by atoms with Gasteiger partial charge in [-0.25, -0.2) is 19.6 Å². The van der Waals surface area contributed by atoms with Crippen LogP contribution >= 0.6 is 11.3 Å². The van der Waals surface area contributed by atoms with Gasteiger partial charge in [0.25, 0.3) is 0 Å². The number of benzene rings is 17. The van der Waals surface area contributed by atoms with E-state index < -0.39 is 22.8 Å². The minimum Gasteiger partial charge on any atom is -0.465 e. The van der Waals surface area contributed by atoms with Gasteiger partial charge in [-0.1, -0.05) is 330 Å². The Morgan fingerprint density at radius 3 is 0.929 bits per heavy atom. The van der Waals surface area contributed by atoms with Crippen LogP contribution in [-0.2, 0) is 33.1 Å². The van der Waals surface area contributed by atoms with Crippen LogP contribution in [0.3, 0.4) is 0 Å². The molecular formula is C118H82N2O6S. The van der Waals surface area contributed by atoms with Crippen molar-refractivity contribution in [2.24, 2.45) is 0 Å². The van der Waals surface area contributed by atoms with Gasteiger partial charge < -0.3 is 18.9 Å². The van der Waals surface area contributed by atoms with Crippen molar-refractivity contribution >= 4 is 91.2 Å². The van der Waals surface area contributed by atoms with Crippen molar-refractivity contribution in [3.63, 3.8) is 0 Å². The number of esters is 2. The van der Waals surface area contributed by atoms with E-state index in [2.05, 4.69) is 293 Å². The number of carbonyl (C=O) groups excluding carboxylic acids is 2. The van der Waals surface area contributed by atoms with Crippen LogP contribution < -0.4 is 9.47 Å². The topological polar surface area (TPSA) is 96.8 Å². The summed E-state index contributed by atoms with van der Waals surface area (Å²) in [4.78, 5) is 40.2. The Hall–Kier alpha value is -15.9. The zero-order chi connectivity index (χ0) is 86.0. The second kappa shape index (κ2) is 32.4. The molecule has 606 valence electrons. The molecule has 0 aliphatic heterocycles. The van der Waals surface area contributed by atoms with Crippen LogP contribution in [0.5, 0.6) is 23.0 Å². The van der Waals surface area contributed by atoms with Gasteiger partial charge >= 0.3 is 11.9 Å². The van der Waals surface area contributed by atoms with Crippen molar-refractivity contribution < 1.29 is 28.5 Å². The fourth-order valence-corrected chi connectivity index (χ4v) is 20.6. The number of rotatable bonds is 22. The Morgan fingerprint density at radius 1 is 0.299 bits per heavy atom. The second-order valence-corrected chi connectivity index (χ2v) is 33.5. The first-order valence-electron chi connectivity index (χ1n) is 42.5. The highest BCUT2D eigenvalue weighted by Gasteiger charge is 2.50. The first-order valence-corrected chi connectivity index (χ1v) is 43.4. The zero-order valence-electron chi connectivity index (χ0n) is 69.9. The molecule has 2 aromatic heterocycles. The summed E-state index contributed by atoms with van der Waals surface area (Å²) in [6.07, 6.45) is 8.95. The molecule has 0 saturated carbocycles. The van der Waals surface area contributed by atoms with Gasteiger partial charge in [0.05, 0.1) is 57.0 Å². The minimum atomic E-state index is -0.858. The summed E-state index contributed by atoms with van der Waals surface area (Å²) in [5.74, 6) is 2.07. The van der Waals surface area contributed by atoms with E-state index in [0.717, 1.165) is 200 Å².